The summed E-state index contributed by atoms with van der Waals surface area (Å²) in [5.74, 6) is 1.74. The first-order valence-electron chi connectivity index (χ1n) is 9.87. The molecule has 1 fully saturated rings. The molecule has 0 saturated carbocycles. The lowest BCUT2D eigenvalue weighted by Gasteiger charge is -2.27. The zero-order chi connectivity index (χ0) is 22.4. The minimum Gasteiger partial charge on any atom is -0.493 e. The molecule has 0 bridgehead atoms. The van der Waals surface area contributed by atoms with Crippen molar-refractivity contribution in [1.29, 1.82) is 0 Å². The zero-order valence-electron chi connectivity index (χ0n) is 17.6. The molecule has 166 valence electrons. The van der Waals surface area contributed by atoms with E-state index in [2.05, 4.69) is 16.3 Å². The average Bonchev–Trinajstić information content (AvgIpc) is 2.75. The monoisotopic (exact) mass is 463 g/mol. The minimum absolute atomic E-state index is 0.152. The van der Waals surface area contributed by atoms with Gasteiger partial charge in [-0.1, -0.05) is 23.7 Å². The molecule has 2 amide bonds. The van der Waals surface area contributed by atoms with E-state index < -0.39 is 5.91 Å². The largest absolute Gasteiger partial charge is 0.493 e. The molecule has 0 radical (unpaired) electrons. The second kappa shape index (κ2) is 10.7. The fourth-order valence-electron chi connectivity index (χ4n) is 3.32. The van der Waals surface area contributed by atoms with Gasteiger partial charge in [-0.15, -0.1) is 0 Å². The van der Waals surface area contributed by atoms with Crippen LogP contribution in [0.3, 0.4) is 0 Å². The van der Waals surface area contributed by atoms with Crippen LogP contribution in [0.15, 0.2) is 30.3 Å². The van der Waals surface area contributed by atoms with Crippen molar-refractivity contribution in [2.75, 3.05) is 43.6 Å². The number of ether oxygens (including phenoxy) is 2. The molecule has 3 rings (SSSR count). The maximum atomic E-state index is 12.9. The van der Waals surface area contributed by atoms with E-state index in [9.17, 15) is 9.59 Å². The molecule has 2 aromatic rings. The van der Waals surface area contributed by atoms with Crippen LogP contribution in [0.4, 0.5) is 5.69 Å². The number of thioether (sulfide) groups is 1. The highest BCUT2D eigenvalue weighted by Gasteiger charge is 2.18. The summed E-state index contributed by atoms with van der Waals surface area (Å²) in [6, 6.07) is 8.91. The molecule has 0 aromatic heterocycles. The summed E-state index contributed by atoms with van der Waals surface area (Å²) in [5, 5.41) is 3.11. The molecule has 0 atom stereocenters. The summed E-state index contributed by atoms with van der Waals surface area (Å²) in [6.07, 6.45) is 0. The molecular weight excluding hydrogens is 438 g/mol. The summed E-state index contributed by atoms with van der Waals surface area (Å²) < 4.78 is 10.6. The number of hydrogen-bond donors (Lipinski definition) is 2. The molecule has 9 heteroatoms. The first-order valence-corrected chi connectivity index (χ1v) is 11.4. The standard InChI is InChI=1S/C22H26ClN3O4S/c1-14-15(12-26-6-8-31-9-7-26)4-3-5-18(14)25-22(28)16-10-17(23)21(19(11-16)29-2)30-13-20(24)27/h3-5,10-11H,6-9,12-13H2,1-2H3,(H2,24,27)(H,25,28). The molecule has 1 heterocycles. The number of carbonyl (C=O) groups excluding carboxylic acids is 2. The number of anilines is 1. The Morgan fingerprint density at radius 1 is 1.26 bits per heavy atom. The fourth-order valence-corrected chi connectivity index (χ4v) is 4.56. The van der Waals surface area contributed by atoms with Crippen molar-refractivity contribution >= 4 is 40.9 Å². The number of primary amides is 1. The highest BCUT2D eigenvalue weighted by atomic mass is 35.5. The van der Waals surface area contributed by atoms with Crippen molar-refractivity contribution < 1.29 is 19.1 Å². The molecule has 31 heavy (non-hydrogen) atoms. The SMILES string of the molecule is COc1cc(C(=O)Nc2cccc(CN3CCSCC3)c2C)cc(Cl)c1OCC(N)=O. The number of carbonyl (C=O) groups is 2. The molecule has 0 spiro atoms. The van der Waals surface area contributed by atoms with E-state index in [0.29, 0.717) is 5.56 Å². The highest BCUT2D eigenvalue weighted by Crippen LogP contribution is 2.36. The van der Waals surface area contributed by atoms with Gasteiger partial charge in [0.05, 0.1) is 12.1 Å². The molecule has 0 aliphatic carbocycles. The van der Waals surface area contributed by atoms with Crippen molar-refractivity contribution in [2.24, 2.45) is 5.73 Å². The first-order chi connectivity index (χ1) is 14.9. The first kappa shape index (κ1) is 23.2. The molecule has 0 unspecified atom stereocenters. The van der Waals surface area contributed by atoms with Crippen LogP contribution in [0.25, 0.3) is 0 Å². The Morgan fingerprint density at radius 3 is 2.68 bits per heavy atom. The van der Waals surface area contributed by atoms with E-state index in [1.54, 1.807) is 0 Å². The van der Waals surface area contributed by atoms with Crippen molar-refractivity contribution in [3.63, 3.8) is 0 Å². The van der Waals surface area contributed by atoms with E-state index in [4.69, 9.17) is 26.8 Å². The van der Waals surface area contributed by atoms with E-state index in [0.717, 1.165) is 42.4 Å². The van der Waals surface area contributed by atoms with Gasteiger partial charge in [0.2, 0.25) is 0 Å². The van der Waals surface area contributed by atoms with Crippen molar-refractivity contribution in [3.8, 4) is 11.5 Å². The lowest BCUT2D eigenvalue weighted by molar-refractivity contribution is -0.119. The summed E-state index contributed by atoms with van der Waals surface area (Å²) in [5.41, 5.74) is 8.40. The van der Waals surface area contributed by atoms with Crippen LogP contribution in [0.5, 0.6) is 11.5 Å². The highest BCUT2D eigenvalue weighted by molar-refractivity contribution is 7.99. The Hall–Kier alpha value is -2.42. The van der Waals surface area contributed by atoms with E-state index in [1.807, 2.05) is 30.8 Å². The Labute approximate surface area is 191 Å². The van der Waals surface area contributed by atoms with Gasteiger partial charge in [0.1, 0.15) is 0 Å². The summed E-state index contributed by atoms with van der Waals surface area (Å²) in [7, 11) is 1.43. The van der Waals surface area contributed by atoms with E-state index in [1.165, 1.54) is 24.8 Å². The maximum Gasteiger partial charge on any atom is 0.255 e. The Kier molecular flexibility index (Phi) is 8.06. The van der Waals surface area contributed by atoms with Crippen LogP contribution < -0.4 is 20.5 Å². The van der Waals surface area contributed by atoms with Gasteiger partial charge in [-0.25, -0.2) is 0 Å². The summed E-state index contributed by atoms with van der Waals surface area (Å²) in [6.45, 7) is 4.68. The Bertz CT molecular complexity index is 964. The predicted octanol–water partition coefficient (Wildman–Crippen LogP) is 3.32. The number of benzene rings is 2. The Morgan fingerprint density at radius 2 is 2.00 bits per heavy atom. The number of nitrogens with zero attached hydrogens (tertiary/aromatic N) is 1. The fraction of sp³-hybridized carbons (Fsp3) is 0.364. The molecule has 1 aliphatic heterocycles. The number of hydrogen-bond acceptors (Lipinski definition) is 6. The van der Waals surface area contributed by atoms with Gasteiger partial charge in [-0.2, -0.15) is 11.8 Å². The van der Waals surface area contributed by atoms with Crippen LogP contribution in [-0.4, -0.2) is 55.0 Å². The van der Waals surface area contributed by atoms with Gasteiger partial charge in [0.25, 0.3) is 11.8 Å². The number of amides is 2. The van der Waals surface area contributed by atoms with Crippen molar-refractivity contribution in [1.82, 2.24) is 4.90 Å². The van der Waals surface area contributed by atoms with Crippen LogP contribution >= 0.6 is 23.4 Å². The van der Waals surface area contributed by atoms with Crippen LogP contribution in [0.1, 0.15) is 21.5 Å². The van der Waals surface area contributed by atoms with Gasteiger partial charge in [0, 0.05) is 42.4 Å². The Balaban J connectivity index is 1.77. The molecular formula is C22H26ClN3O4S. The zero-order valence-corrected chi connectivity index (χ0v) is 19.1. The van der Waals surface area contributed by atoms with E-state index in [-0.39, 0.29) is 29.0 Å². The molecule has 1 saturated heterocycles. The molecule has 3 N–H and O–H groups in total. The number of halogens is 1. The second-order valence-electron chi connectivity index (χ2n) is 7.18. The van der Waals surface area contributed by atoms with Crippen LogP contribution in [-0.2, 0) is 11.3 Å². The molecule has 2 aromatic carbocycles. The third kappa shape index (κ3) is 6.06. The van der Waals surface area contributed by atoms with E-state index >= 15 is 0 Å². The lowest BCUT2D eigenvalue weighted by Crippen LogP contribution is -2.32. The summed E-state index contributed by atoms with van der Waals surface area (Å²) in [4.78, 5) is 26.3. The quantitative estimate of drug-likeness (QED) is 0.623. The normalized spacial score (nSPS) is 14.2. The third-order valence-electron chi connectivity index (χ3n) is 5.04. The topological polar surface area (TPSA) is 93.9 Å². The average molecular weight is 464 g/mol. The number of nitrogens with two attached hydrogens (primary N) is 1. The lowest BCUT2D eigenvalue weighted by atomic mass is 10.1. The molecule has 7 nitrogen and oxygen atoms in total. The van der Waals surface area contributed by atoms with Gasteiger partial charge in [-0.3, -0.25) is 14.5 Å². The minimum atomic E-state index is -0.640. The van der Waals surface area contributed by atoms with Crippen LogP contribution in [0.2, 0.25) is 5.02 Å². The van der Waals surface area contributed by atoms with Crippen molar-refractivity contribution in [3.05, 3.63) is 52.0 Å². The van der Waals surface area contributed by atoms with Crippen molar-refractivity contribution in [2.45, 2.75) is 13.5 Å². The molecule has 1 aliphatic rings. The van der Waals surface area contributed by atoms with Gasteiger partial charge < -0.3 is 20.5 Å². The summed E-state index contributed by atoms with van der Waals surface area (Å²) >= 11 is 8.24. The number of rotatable bonds is 8. The third-order valence-corrected chi connectivity index (χ3v) is 6.27. The maximum absolute atomic E-state index is 12.9. The predicted molar refractivity (Wildman–Crippen MR) is 124 cm³/mol. The smallest absolute Gasteiger partial charge is 0.255 e. The van der Waals surface area contributed by atoms with Gasteiger partial charge in [0.15, 0.2) is 18.1 Å². The number of methoxy groups -OCH3 is 1. The van der Waals surface area contributed by atoms with Gasteiger partial charge in [-0.05, 0) is 36.2 Å². The second-order valence-corrected chi connectivity index (χ2v) is 8.81. The number of nitrogens with one attached hydrogen (secondary N) is 1. The van der Waals surface area contributed by atoms with Crippen LogP contribution in [0, 0.1) is 6.92 Å². The van der Waals surface area contributed by atoms with Gasteiger partial charge >= 0.3 is 0 Å².